The van der Waals surface area contributed by atoms with Gasteiger partial charge in [0.2, 0.25) is 0 Å². The Hall–Kier alpha value is 0.423. The third-order valence-electron chi connectivity index (χ3n) is 0. The molecular weight excluding hydrogens is 121 g/mol. The van der Waals surface area contributed by atoms with E-state index in [1.807, 2.05) is 0 Å². The van der Waals surface area contributed by atoms with E-state index in [0.29, 0.717) is 0 Å². The second-order valence-corrected chi connectivity index (χ2v) is 0. The van der Waals surface area contributed by atoms with Gasteiger partial charge in [-0.15, -0.1) is 0 Å². The van der Waals surface area contributed by atoms with Gasteiger partial charge in [0.05, 0.1) is 0 Å². The molecular formula is H6GeO3. The summed E-state index contributed by atoms with van der Waals surface area (Å²) in [5, 5.41) is 0. The van der Waals surface area contributed by atoms with Gasteiger partial charge in [-0.1, -0.05) is 0 Å². The van der Waals surface area contributed by atoms with Gasteiger partial charge in [-0.05, 0) is 0 Å². The maximum Gasteiger partial charge on any atom is -0.870 e. The van der Waals surface area contributed by atoms with Crippen molar-refractivity contribution in [2.24, 2.45) is 0 Å². The summed E-state index contributed by atoms with van der Waals surface area (Å²) in [6, 6.07) is 0. The summed E-state index contributed by atoms with van der Waals surface area (Å²) in [7, 11) is 0. The Bertz CT molecular complexity index is 3.25. The van der Waals surface area contributed by atoms with Crippen molar-refractivity contribution in [2.75, 3.05) is 0 Å². The van der Waals surface area contributed by atoms with Crippen LogP contribution < -0.4 is 0 Å². The number of hydrogen-bond acceptors (Lipinski definition) is 2. The van der Waals surface area contributed by atoms with Gasteiger partial charge >= 0.3 is 17.6 Å². The molecule has 3 nitrogen and oxygen atoms in total. The van der Waals surface area contributed by atoms with Gasteiger partial charge in [0.1, 0.15) is 0 Å². The zero-order valence-electron chi connectivity index (χ0n) is 2.10. The molecule has 28 valence electrons. The van der Waals surface area contributed by atoms with Gasteiger partial charge in [0.15, 0.2) is 0 Å². The molecule has 4 heteroatoms. The van der Waals surface area contributed by atoms with Gasteiger partial charge in [-0.25, -0.2) is 0 Å². The van der Waals surface area contributed by atoms with E-state index in [1.165, 1.54) is 0 Å². The molecule has 0 heterocycles. The van der Waals surface area contributed by atoms with Gasteiger partial charge in [0.25, 0.3) is 0 Å². The SMILES string of the molecule is O.[GeH2+2].[OH-].[OH-]. The molecule has 0 aliphatic rings. The standard InChI is InChI=1S/GeH2.3H2O/h4*1H2/q+2;;;/p-2. The minimum atomic E-state index is 0. The Morgan fingerprint density at radius 1 is 0.750 bits per heavy atom. The Morgan fingerprint density at radius 3 is 0.750 bits per heavy atom. The van der Waals surface area contributed by atoms with Crippen LogP contribution in [0.15, 0.2) is 0 Å². The molecule has 0 amide bonds. The molecule has 0 unspecified atom stereocenters. The predicted molar refractivity (Wildman–Crippen MR) is 16.0 cm³/mol. The van der Waals surface area contributed by atoms with E-state index in [4.69, 9.17) is 0 Å². The van der Waals surface area contributed by atoms with Crippen molar-refractivity contribution >= 4 is 17.6 Å². The molecule has 0 radical (unpaired) electrons. The Morgan fingerprint density at radius 2 is 0.750 bits per heavy atom. The first-order valence-corrected chi connectivity index (χ1v) is 0. The Labute approximate surface area is 34.9 Å². The van der Waals surface area contributed by atoms with Gasteiger partial charge in [0, 0.05) is 0 Å². The molecule has 0 aromatic rings. The van der Waals surface area contributed by atoms with Crippen LogP contribution in [0.5, 0.6) is 0 Å². The molecule has 0 spiro atoms. The van der Waals surface area contributed by atoms with E-state index in [0.717, 1.165) is 0 Å². The van der Waals surface area contributed by atoms with Crippen LogP contribution in [-0.4, -0.2) is 34.0 Å². The molecule has 0 aromatic carbocycles. The molecule has 4 N–H and O–H groups in total. The zero-order valence-corrected chi connectivity index (χ0v) is 5.07. The van der Waals surface area contributed by atoms with Crippen LogP contribution in [0, 0.1) is 0 Å². The first kappa shape index (κ1) is 290. The van der Waals surface area contributed by atoms with Gasteiger partial charge in [-0.3, -0.25) is 0 Å². The van der Waals surface area contributed by atoms with E-state index < -0.39 is 0 Å². The average molecular weight is 127 g/mol. The van der Waals surface area contributed by atoms with Crippen molar-refractivity contribution in [1.29, 1.82) is 0 Å². The van der Waals surface area contributed by atoms with Crippen LogP contribution in [0.25, 0.3) is 0 Å². The number of hydrogen-bond donors (Lipinski definition) is 0. The second kappa shape index (κ2) is 112. The van der Waals surface area contributed by atoms with E-state index in [1.54, 1.807) is 0 Å². The maximum atomic E-state index is 0. The van der Waals surface area contributed by atoms with Crippen LogP contribution in [0.4, 0.5) is 0 Å². The summed E-state index contributed by atoms with van der Waals surface area (Å²) in [6.07, 6.45) is 0. The molecule has 0 rings (SSSR count). The van der Waals surface area contributed by atoms with Crippen molar-refractivity contribution in [1.82, 2.24) is 0 Å². The van der Waals surface area contributed by atoms with E-state index >= 15 is 0 Å². The fraction of sp³-hybridized carbons (Fsp3) is 0. The summed E-state index contributed by atoms with van der Waals surface area (Å²) < 4.78 is 0. The maximum absolute atomic E-state index is 0. The fourth-order valence-corrected chi connectivity index (χ4v) is 0. The molecule has 0 bridgehead atoms. The van der Waals surface area contributed by atoms with Crippen LogP contribution in [-0.2, 0) is 0 Å². The summed E-state index contributed by atoms with van der Waals surface area (Å²) in [5.74, 6) is 0. The monoisotopic (exact) mass is 128 g/mol. The molecule has 0 saturated carbocycles. The third kappa shape index (κ3) is 27.4. The molecule has 0 aliphatic carbocycles. The van der Waals surface area contributed by atoms with Crippen LogP contribution in [0.2, 0.25) is 0 Å². The topological polar surface area (TPSA) is 91.5 Å². The van der Waals surface area contributed by atoms with Crippen LogP contribution >= 0.6 is 0 Å². The molecule has 0 fully saturated rings. The van der Waals surface area contributed by atoms with Crippen molar-refractivity contribution in [3.05, 3.63) is 0 Å². The quantitative estimate of drug-likeness (QED) is 0.348. The molecule has 4 heavy (non-hydrogen) atoms. The largest absolute Gasteiger partial charge is 0.870 e. The van der Waals surface area contributed by atoms with Gasteiger partial charge in [-0.2, -0.15) is 0 Å². The third-order valence-corrected chi connectivity index (χ3v) is 0. The number of rotatable bonds is 0. The first-order valence-electron chi connectivity index (χ1n) is 0. The van der Waals surface area contributed by atoms with E-state index in [-0.39, 0.29) is 34.0 Å². The zero-order chi connectivity index (χ0) is 0. The summed E-state index contributed by atoms with van der Waals surface area (Å²) in [4.78, 5) is 0. The summed E-state index contributed by atoms with van der Waals surface area (Å²) >= 11 is 0. The normalized spacial score (nSPS) is 0. The Balaban J connectivity index is 0. The Kier molecular flexibility index (Phi) is 8140. The minimum Gasteiger partial charge on any atom is -0.870 e. The summed E-state index contributed by atoms with van der Waals surface area (Å²) in [6.45, 7) is 0. The van der Waals surface area contributed by atoms with E-state index in [9.17, 15) is 0 Å². The van der Waals surface area contributed by atoms with Crippen LogP contribution in [0.1, 0.15) is 0 Å². The van der Waals surface area contributed by atoms with Crippen molar-refractivity contribution in [3.63, 3.8) is 0 Å². The molecule has 0 atom stereocenters. The summed E-state index contributed by atoms with van der Waals surface area (Å²) in [5.41, 5.74) is 0. The molecule has 0 saturated heterocycles. The van der Waals surface area contributed by atoms with Crippen molar-refractivity contribution in [3.8, 4) is 0 Å². The van der Waals surface area contributed by atoms with Gasteiger partial charge < -0.3 is 16.4 Å². The second-order valence-electron chi connectivity index (χ2n) is 0. The predicted octanol–water partition coefficient (Wildman–Crippen LogP) is -2.09. The van der Waals surface area contributed by atoms with Crippen molar-refractivity contribution < 1.29 is 16.4 Å². The first-order chi connectivity index (χ1) is 0. The smallest absolute Gasteiger partial charge is 0.870 e. The fourth-order valence-electron chi connectivity index (χ4n) is 0. The average Bonchev–Trinajstić information content (AvgIpc) is 0. The van der Waals surface area contributed by atoms with Crippen molar-refractivity contribution in [2.45, 2.75) is 0 Å². The molecule has 0 aliphatic heterocycles. The minimum absolute atomic E-state index is 0. The van der Waals surface area contributed by atoms with E-state index in [2.05, 4.69) is 0 Å². The van der Waals surface area contributed by atoms with Crippen LogP contribution in [0.3, 0.4) is 0 Å². The molecule has 0 aromatic heterocycles.